The van der Waals surface area contributed by atoms with Gasteiger partial charge >= 0.3 is 0 Å². The van der Waals surface area contributed by atoms with Crippen LogP contribution in [-0.2, 0) is 0 Å². The van der Waals surface area contributed by atoms with Crippen molar-refractivity contribution in [2.24, 2.45) is 5.73 Å². The number of nitrogens with two attached hydrogens (primary N) is 1. The normalized spacial score (nSPS) is 20.6. The standard InChI is InChI=1S/C17H17NO3/c18-13-9-16(10-13)21-15-7-3-12(4-8-15)17(20)11-1-5-14(19)6-2-11/h1-8,13,16,19H,9-10,18H2. The van der Waals surface area contributed by atoms with E-state index in [0.717, 1.165) is 18.6 Å². The van der Waals surface area contributed by atoms with E-state index in [1.807, 2.05) is 0 Å². The van der Waals surface area contributed by atoms with Gasteiger partial charge in [-0.25, -0.2) is 0 Å². The molecule has 3 rings (SSSR count). The molecule has 0 atom stereocenters. The SMILES string of the molecule is NC1CC(Oc2ccc(C(=O)c3ccc(O)cc3)cc2)C1. The van der Waals surface area contributed by atoms with Crippen molar-refractivity contribution in [3.8, 4) is 11.5 Å². The van der Waals surface area contributed by atoms with E-state index in [2.05, 4.69) is 0 Å². The number of phenolic OH excluding ortho intramolecular Hbond substituents is 1. The van der Waals surface area contributed by atoms with Gasteiger partial charge in [0.1, 0.15) is 17.6 Å². The fourth-order valence-electron chi connectivity index (χ4n) is 2.36. The predicted octanol–water partition coefficient (Wildman–Crippen LogP) is 2.49. The summed E-state index contributed by atoms with van der Waals surface area (Å²) in [6, 6.07) is 13.6. The zero-order valence-corrected chi connectivity index (χ0v) is 11.5. The van der Waals surface area contributed by atoms with Crippen LogP contribution in [0.4, 0.5) is 0 Å². The molecule has 0 spiro atoms. The fraction of sp³-hybridized carbons (Fsp3) is 0.235. The lowest BCUT2D eigenvalue weighted by molar-refractivity contribution is 0.101. The highest BCUT2D eigenvalue weighted by atomic mass is 16.5. The second-order valence-corrected chi connectivity index (χ2v) is 5.37. The maximum Gasteiger partial charge on any atom is 0.193 e. The smallest absolute Gasteiger partial charge is 0.193 e. The molecule has 21 heavy (non-hydrogen) atoms. The second-order valence-electron chi connectivity index (χ2n) is 5.37. The van der Waals surface area contributed by atoms with Crippen LogP contribution >= 0.6 is 0 Å². The zero-order valence-electron chi connectivity index (χ0n) is 11.5. The van der Waals surface area contributed by atoms with Gasteiger partial charge in [-0.05, 0) is 61.4 Å². The molecule has 2 aromatic rings. The molecule has 0 saturated heterocycles. The number of rotatable bonds is 4. The van der Waals surface area contributed by atoms with Gasteiger partial charge < -0.3 is 15.6 Å². The monoisotopic (exact) mass is 283 g/mol. The number of carbonyl (C=O) groups is 1. The van der Waals surface area contributed by atoms with Crippen molar-refractivity contribution in [1.82, 2.24) is 0 Å². The Morgan fingerprint density at radius 3 is 2.05 bits per heavy atom. The molecule has 2 aromatic carbocycles. The van der Waals surface area contributed by atoms with Crippen LogP contribution in [0, 0.1) is 0 Å². The Labute approximate surface area is 123 Å². The number of benzene rings is 2. The summed E-state index contributed by atoms with van der Waals surface area (Å²) in [5.74, 6) is 0.829. The summed E-state index contributed by atoms with van der Waals surface area (Å²) in [7, 11) is 0. The van der Waals surface area contributed by atoms with Crippen LogP contribution in [0.25, 0.3) is 0 Å². The molecule has 0 heterocycles. The van der Waals surface area contributed by atoms with Gasteiger partial charge in [-0.15, -0.1) is 0 Å². The Hall–Kier alpha value is -2.33. The third kappa shape index (κ3) is 3.06. The van der Waals surface area contributed by atoms with E-state index in [1.165, 1.54) is 12.1 Å². The average Bonchev–Trinajstić information content (AvgIpc) is 2.46. The first-order valence-corrected chi connectivity index (χ1v) is 6.98. The van der Waals surface area contributed by atoms with E-state index >= 15 is 0 Å². The summed E-state index contributed by atoms with van der Waals surface area (Å²) in [6.45, 7) is 0. The van der Waals surface area contributed by atoms with Crippen LogP contribution in [0.15, 0.2) is 48.5 Å². The first kappa shape index (κ1) is 13.6. The molecule has 4 nitrogen and oxygen atoms in total. The molecule has 4 heteroatoms. The molecule has 3 N–H and O–H groups in total. The number of aromatic hydroxyl groups is 1. The van der Waals surface area contributed by atoms with E-state index in [0.29, 0.717) is 11.1 Å². The van der Waals surface area contributed by atoms with Crippen LogP contribution in [0.1, 0.15) is 28.8 Å². The van der Waals surface area contributed by atoms with Crippen molar-refractivity contribution in [3.63, 3.8) is 0 Å². The third-order valence-electron chi connectivity index (χ3n) is 3.68. The van der Waals surface area contributed by atoms with E-state index in [9.17, 15) is 9.90 Å². The number of hydrogen-bond acceptors (Lipinski definition) is 4. The summed E-state index contributed by atoms with van der Waals surface area (Å²) in [4.78, 5) is 12.3. The zero-order chi connectivity index (χ0) is 14.8. The van der Waals surface area contributed by atoms with E-state index in [1.54, 1.807) is 36.4 Å². The second kappa shape index (κ2) is 5.58. The van der Waals surface area contributed by atoms with Gasteiger partial charge in [0.15, 0.2) is 5.78 Å². The molecule has 0 unspecified atom stereocenters. The Balaban J connectivity index is 1.68. The molecule has 1 saturated carbocycles. The number of phenols is 1. The van der Waals surface area contributed by atoms with Crippen LogP contribution in [0.3, 0.4) is 0 Å². The molecule has 0 radical (unpaired) electrons. The Kier molecular flexibility index (Phi) is 3.62. The number of hydrogen-bond donors (Lipinski definition) is 2. The lowest BCUT2D eigenvalue weighted by Gasteiger charge is -2.32. The predicted molar refractivity (Wildman–Crippen MR) is 79.6 cm³/mol. The van der Waals surface area contributed by atoms with Gasteiger partial charge in [0.2, 0.25) is 0 Å². The van der Waals surface area contributed by atoms with Gasteiger partial charge in [0.25, 0.3) is 0 Å². The fourth-order valence-corrected chi connectivity index (χ4v) is 2.36. The van der Waals surface area contributed by atoms with E-state index in [-0.39, 0.29) is 23.7 Å². The molecular weight excluding hydrogens is 266 g/mol. The van der Waals surface area contributed by atoms with Crippen molar-refractivity contribution < 1.29 is 14.6 Å². The highest BCUT2D eigenvalue weighted by Crippen LogP contribution is 2.25. The van der Waals surface area contributed by atoms with Crippen molar-refractivity contribution in [1.29, 1.82) is 0 Å². The maximum absolute atomic E-state index is 12.3. The summed E-state index contributed by atoms with van der Waals surface area (Å²) in [5, 5.41) is 9.24. The number of carbonyl (C=O) groups excluding carboxylic acids is 1. The summed E-state index contributed by atoms with van der Waals surface area (Å²) in [6.07, 6.45) is 1.96. The van der Waals surface area contributed by atoms with Crippen molar-refractivity contribution in [3.05, 3.63) is 59.7 Å². The number of ether oxygens (including phenoxy) is 1. The average molecular weight is 283 g/mol. The first-order chi connectivity index (χ1) is 10.1. The first-order valence-electron chi connectivity index (χ1n) is 6.98. The quantitative estimate of drug-likeness (QED) is 0.846. The Morgan fingerprint density at radius 2 is 1.52 bits per heavy atom. The summed E-state index contributed by atoms with van der Waals surface area (Å²) >= 11 is 0. The van der Waals surface area contributed by atoms with Crippen LogP contribution in [0.5, 0.6) is 11.5 Å². The Bertz CT molecular complexity index is 628. The Morgan fingerprint density at radius 1 is 1.00 bits per heavy atom. The van der Waals surface area contributed by atoms with Crippen molar-refractivity contribution in [2.75, 3.05) is 0 Å². The van der Waals surface area contributed by atoms with E-state index < -0.39 is 0 Å². The van der Waals surface area contributed by atoms with Gasteiger partial charge in [0, 0.05) is 17.2 Å². The summed E-state index contributed by atoms with van der Waals surface area (Å²) < 4.78 is 5.75. The number of ketones is 1. The molecule has 0 aliphatic heterocycles. The minimum absolute atomic E-state index is 0.0767. The molecule has 0 aromatic heterocycles. The van der Waals surface area contributed by atoms with Gasteiger partial charge in [-0.2, -0.15) is 0 Å². The van der Waals surface area contributed by atoms with Crippen LogP contribution in [0.2, 0.25) is 0 Å². The van der Waals surface area contributed by atoms with Gasteiger partial charge in [-0.3, -0.25) is 4.79 Å². The molecule has 0 bridgehead atoms. The molecule has 1 aliphatic carbocycles. The molecule has 1 aliphatic rings. The topological polar surface area (TPSA) is 72.5 Å². The lowest BCUT2D eigenvalue weighted by atomic mass is 9.90. The van der Waals surface area contributed by atoms with E-state index in [4.69, 9.17) is 10.5 Å². The summed E-state index contributed by atoms with van der Waals surface area (Å²) in [5.41, 5.74) is 6.86. The minimum Gasteiger partial charge on any atom is -0.508 e. The van der Waals surface area contributed by atoms with Crippen LogP contribution < -0.4 is 10.5 Å². The van der Waals surface area contributed by atoms with Crippen molar-refractivity contribution in [2.45, 2.75) is 25.0 Å². The van der Waals surface area contributed by atoms with Crippen LogP contribution in [-0.4, -0.2) is 23.0 Å². The minimum atomic E-state index is -0.0767. The molecule has 0 amide bonds. The van der Waals surface area contributed by atoms with Gasteiger partial charge in [0.05, 0.1) is 0 Å². The van der Waals surface area contributed by atoms with Gasteiger partial charge in [-0.1, -0.05) is 0 Å². The third-order valence-corrected chi connectivity index (χ3v) is 3.68. The lowest BCUT2D eigenvalue weighted by Crippen LogP contribution is -2.43. The highest BCUT2D eigenvalue weighted by Gasteiger charge is 2.27. The molecule has 1 fully saturated rings. The highest BCUT2D eigenvalue weighted by molar-refractivity contribution is 6.09. The largest absolute Gasteiger partial charge is 0.508 e. The molecule has 108 valence electrons. The van der Waals surface area contributed by atoms with Crippen molar-refractivity contribution >= 4 is 5.78 Å². The molecular formula is C17H17NO3. The maximum atomic E-state index is 12.3.